The molecule has 1 aromatic carbocycles. The lowest BCUT2D eigenvalue weighted by molar-refractivity contribution is -0.135. The van der Waals surface area contributed by atoms with Crippen LogP contribution in [0.3, 0.4) is 0 Å². The van der Waals surface area contributed by atoms with Crippen LogP contribution >= 0.6 is 0 Å². The van der Waals surface area contributed by atoms with Gasteiger partial charge >= 0.3 is 0 Å². The molecular formula is C25H37N3O4. The minimum Gasteiger partial charge on any atom is -0.507 e. The normalized spacial score (nSPS) is 26.2. The summed E-state index contributed by atoms with van der Waals surface area (Å²) in [5.41, 5.74) is 6.43. The maximum atomic E-state index is 12.4. The van der Waals surface area contributed by atoms with Crippen molar-refractivity contribution in [1.82, 2.24) is 9.80 Å². The van der Waals surface area contributed by atoms with Crippen molar-refractivity contribution < 1.29 is 19.8 Å². The second kappa shape index (κ2) is 10.2. The highest BCUT2D eigenvalue weighted by molar-refractivity contribution is 5.96. The zero-order valence-corrected chi connectivity index (χ0v) is 18.9. The number of hydrogen-bond donors (Lipinski definition) is 3. The van der Waals surface area contributed by atoms with Crippen molar-refractivity contribution in [1.29, 1.82) is 0 Å². The number of nitrogens with two attached hydrogens (primary N) is 1. The topological polar surface area (TPSA) is 107 Å². The van der Waals surface area contributed by atoms with E-state index in [0.29, 0.717) is 24.5 Å². The van der Waals surface area contributed by atoms with Crippen LogP contribution < -0.4 is 5.73 Å². The number of amides is 2. The third-order valence-corrected chi connectivity index (χ3v) is 7.98. The third kappa shape index (κ3) is 4.94. The quantitative estimate of drug-likeness (QED) is 0.573. The fourth-order valence-electron chi connectivity index (χ4n) is 6.32. The highest BCUT2D eigenvalue weighted by atomic mass is 16.3. The molecule has 0 spiro atoms. The Balaban J connectivity index is 1.39. The van der Waals surface area contributed by atoms with E-state index in [1.165, 1.54) is 32.1 Å². The monoisotopic (exact) mass is 443 g/mol. The van der Waals surface area contributed by atoms with E-state index in [4.69, 9.17) is 5.73 Å². The van der Waals surface area contributed by atoms with Crippen molar-refractivity contribution >= 4 is 11.8 Å². The van der Waals surface area contributed by atoms with Crippen LogP contribution in [0, 0.1) is 5.92 Å². The van der Waals surface area contributed by atoms with Gasteiger partial charge in [0, 0.05) is 31.7 Å². The Morgan fingerprint density at radius 3 is 2.38 bits per heavy atom. The van der Waals surface area contributed by atoms with Crippen LogP contribution in [0.25, 0.3) is 0 Å². The molecule has 1 aliphatic carbocycles. The van der Waals surface area contributed by atoms with Gasteiger partial charge in [0.05, 0.1) is 5.56 Å². The van der Waals surface area contributed by atoms with E-state index in [0.717, 1.165) is 44.3 Å². The number of primary amides is 1. The molecule has 2 amide bonds. The highest BCUT2D eigenvalue weighted by Gasteiger charge is 2.41. The molecule has 3 aliphatic rings. The van der Waals surface area contributed by atoms with Gasteiger partial charge in [-0.2, -0.15) is 0 Å². The number of phenols is 1. The number of fused-ring (bicyclic) bond motifs is 2. The van der Waals surface area contributed by atoms with Crippen molar-refractivity contribution in [3.8, 4) is 5.75 Å². The number of aromatic hydroxyl groups is 1. The van der Waals surface area contributed by atoms with E-state index < -0.39 is 12.5 Å². The van der Waals surface area contributed by atoms with Crippen molar-refractivity contribution in [2.45, 2.75) is 75.8 Å². The van der Waals surface area contributed by atoms with E-state index in [1.807, 2.05) is 11.0 Å². The van der Waals surface area contributed by atoms with Gasteiger partial charge in [-0.15, -0.1) is 0 Å². The van der Waals surface area contributed by atoms with E-state index in [9.17, 15) is 19.8 Å². The van der Waals surface area contributed by atoms with Gasteiger partial charge in [0.1, 0.15) is 12.4 Å². The first-order chi connectivity index (χ1) is 15.5. The molecule has 2 heterocycles. The van der Waals surface area contributed by atoms with Crippen LogP contribution in [-0.2, 0) is 4.79 Å². The molecule has 176 valence electrons. The molecule has 1 unspecified atom stereocenters. The van der Waals surface area contributed by atoms with Crippen LogP contribution in [0.1, 0.15) is 79.6 Å². The molecule has 7 heteroatoms. The first-order valence-corrected chi connectivity index (χ1v) is 12.2. The van der Waals surface area contributed by atoms with Gasteiger partial charge in [0.2, 0.25) is 5.91 Å². The summed E-state index contributed by atoms with van der Waals surface area (Å²) in [6.45, 7) is 1.83. The Morgan fingerprint density at radius 1 is 1.06 bits per heavy atom. The van der Waals surface area contributed by atoms with Gasteiger partial charge in [-0.25, -0.2) is 0 Å². The number of aliphatic hydroxyl groups is 1. The number of aliphatic hydroxyl groups excluding tert-OH is 1. The molecule has 4 rings (SSSR count). The summed E-state index contributed by atoms with van der Waals surface area (Å²) in [4.78, 5) is 28.4. The largest absolute Gasteiger partial charge is 0.507 e. The first kappa shape index (κ1) is 23.1. The maximum Gasteiger partial charge on any atom is 0.252 e. The number of nitrogens with zero attached hydrogens (tertiary/aromatic N) is 2. The highest BCUT2D eigenvalue weighted by Crippen LogP contribution is 2.45. The van der Waals surface area contributed by atoms with Gasteiger partial charge < -0.3 is 20.8 Å². The number of rotatable bonds is 8. The van der Waals surface area contributed by atoms with E-state index in [-0.39, 0.29) is 23.1 Å². The van der Waals surface area contributed by atoms with E-state index in [1.54, 1.807) is 12.1 Å². The van der Waals surface area contributed by atoms with Gasteiger partial charge in [-0.05, 0) is 62.0 Å². The number of para-hydroxylation sites is 1. The second-order valence-corrected chi connectivity index (χ2v) is 9.90. The molecular weight excluding hydrogens is 406 g/mol. The zero-order valence-electron chi connectivity index (χ0n) is 18.9. The average molecular weight is 444 g/mol. The summed E-state index contributed by atoms with van der Waals surface area (Å²) in [7, 11) is 0. The minimum atomic E-state index is -0.601. The first-order valence-electron chi connectivity index (χ1n) is 12.2. The zero-order chi connectivity index (χ0) is 22.7. The van der Waals surface area contributed by atoms with E-state index in [2.05, 4.69) is 4.90 Å². The lowest BCUT2D eigenvalue weighted by Crippen LogP contribution is -2.48. The van der Waals surface area contributed by atoms with Gasteiger partial charge in [-0.1, -0.05) is 31.4 Å². The standard InChI is InChI=1S/C25H37N3O4/c26-25(32)22-8-4-7-21(24(22)31)18-13-19-9-10-20(14-18)28(19)12-11-27(23(30)16-29)15-17-5-2-1-3-6-17/h4,7-8,17-20,29,31H,1-3,5-6,9-16H2,(H2,26,32)/t18?,19-,20+. The van der Waals surface area contributed by atoms with Crippen LogP contribution in [0.5, 0.6) is 5.75 Å². The number of hydrogen-bond acceptors (Lipinski definition) is 5. The smallest absolute Gasteiger partial charge is 0.252 e. The molecule has 3 atom stereocenters. The molecule has 1 aromatic rings. The number of carbonyl (C=O) groups is 2. The van der Waals surface area contributed by atoms with Gasteiger partial charge in [0.15, 0.2) is 0 Å². The summed E-state index contributed by atoms with van der Waals surface area (Å²) < 4.78 is 0. The fraction of sp³-hybridized carbons (Fsp3) is 0.680. The fourth-order valence-corrected chi connectivity index (χ4v) is 6.32. The average Bonchev–Trinajstić information content (AvgIpc) is 3.03. The van der Waals surface area contributed by atoms with Crippen molar-refractivity contribution in [2.24, 2.45) is 11.7 Å². The molecule has 0 aromatic heterocycles. The summed E-state index contributed by atoms with van der Waals surface area (Å²) in [6, 6.07) is 6.11. The Labute approximate surface area is 190 Å². The van der Waals surface area contributed by atoms with Crippen molar-refractivity contribution in [3.63, 3.8) is 0 Å². The molecule has 32 heavy (non-hydrogen) atoms. The van der Waals surface area contributed by atoms with Crippen LogP contribution in [0.2, 0.25) is 0 Å². The van der Waals surface area contributed by atoms with Crippen LogP contribution in [0.4, 0.5) is 0 Å². The molecule has 7 nitrogen and oxygen atoms in total. The van der Waals surface area contributed by atoms with Crippen molar-refractivity contribution in [3.05, 3.63) is 29.3 Å². The Kier molecular flexibility index (Phi) is 7.36. The predicted molar refractivity (Wildman–Crippen MR) is 122 cm³/mol. The van der Waals surface area contributed by atoms with E-state index >= 15 is 0 Å². The number of piperidine rings is 1. The summed E-state index contributed by atoms with van der Waals surface area (Å²) >= 11 is 0. The molecule has 4 N–H and O–H groups in total. The molecule has 1 saturated carbocycles. The summed E-state index contributed by atoms with van der Waals surface area (Å²) in [5, 5.41) is 20.1. The lowest BCUT2D eigenvalue weighted by Gasteiger charge is -2.40. The van der Waals surface area contributed by atoms with Gasteiger partial charge in [0.25, 0.3) is 5.91 Å². The lowest BCUT2D eigenvalue weighted by atomic mass is 9.83. The number of benzene rings is 1. The predicted octanol–water partition coefficient (Wildman–Crippen LogP) is 2.60. The maximum absolute atomic E-state index is 12.4. The second-order valence-electron chi connectivity index (χ2n) is 9.90. The van der Waals surface area contributed by atoms with Crippen LogP contribution in [0.15, 0.2) is 18.2 Å². The summed E-state index contributed by atoms with van der Waals surface area (Å²) in [6.07, 6.45) is 10.2. The molecule has 2 saturated heterocycles. The molecule has 0 radical (unpaired) electrons. The van der Waals surface area contributed by atoms with Crippen molar-refractivity contribution in [2.75, 3.05) is 26.2 Å². The van der Waals surface area contributed by atoms with Crippen LogP contribution in [-0.4, -0.2) is 70.2 Å². The molecule has 3 fully saturated rings. The number of carbonyl (C=O) groups excluding carboxylic acids is 2. The Bertz CT molecular complexity index is 809. The minimum absolute atomic E-state index is 0.0325. The Morgan fingerprint density at radius 2 is 1.75 bits per heavy atom. The molecule has 2 aliphatic heterocycles. The SMILES string of the molecule is NC(=O)c1cccc(C2C[C@H]3CC[C@@H](C2)N3CCN(CC2CCCCC2)C(=O)CO)c1O. The van der Waals surface area contributed by atoms with Gasteiger partial charge in [-0.3, -0.25) is 14.5 Å². The molecule has 2 bridgehead atoms. The summed E-state index contributed by atoms with van der Waals surface area (Å²) in [5.74, 6) is 0.0371. The third-order valence-electron chi connectivity index (χ3n) is 7.98. The Hall–Kier alpha value is -2.12.